The predicted octanol–water partition coefficient (Wildman–Crippen LogP) is 4.77. The summed E-state index contributed by atoms with van der Waals surface area (Å²) in [6.07, 6.45) is 1.90. The van der Waals surface area contributed by atoms with E-state index < -0.39 is 12.0 Å². The summed E-state index contributed by atoms with van der Waals surface area (Å²) >= 11 is 1.35. The molecule has 2 heterocycles. The molecule has 0 radical (unpaired) electrons. The second kappa shape index (κ2) is 11.3. The van der Waals surface area contributed by atoms with Crippen LogP contribution in [0.3, 0.4) is 0 Å². The van der Waals surface area contributed by atoms with E-state index in [9.17, 15) is 9.59 Å². The van der Waals surface area contributed by atoms with E-state index in [0.29, 0.717) is 26.5 Å². The summed E-state index contributed by atoms with van der Waals surface area (Å²) in [5.41, 5.74) is 4.97. The molecule has 1 aromatic heterocycles. The molecule has 0 aliphatic carbocycles. The largest absolute Gasteiger partial charge is 0.463 e. The van der Waals surface area contributed by atoms with Crippen LogP contribution in [-0.2, 0) is 9.53 Å². The number of thiazole rings is 1. The third-order valence-corrected chi connectivity index (χ3v) is 7.74. The fourth-order valence-corrected chi connectivity index (χ4v) is 5.74. The Labute approximate surface area is 222 Å². The van der Waals surface area contributed by atoms with Gasteiger partial charge in [-0.3, -0.25) is 9.36 Å². The minimum atomic E-state index is -0.594. The molecule has 0 fully saturated rings. The normalized spacial score (nSPS) is 15.5. The summed E-state index contributed by atoms with van der Waals surface area (Å²) in [6.45, 7) is 14.3. The van der Waals surface area contributed by atoms with Crippen LogP contribution in [0.4, 0.5) is 5.69 Å². The summed E-state index contributed by atoms with van der Waals surface area (Å²) in [5.74, 6) is -0.0612. The van der Waals surface area contributed by atoms with Gasteiger partial charge in [-0.05, 0) is 68.5 Å². The van der Waals surface area contributed by atoms with E-state index in [1.54, 1.807) is 11.5 Å². The first-order valence-electron chi connectivity index (χ1n) is 12.9. The van der Waals surface area contributed by atoms with Gasteiger partial charge in [0.15, 0.2) is 4.80 Å². The van der Waals surface area contributed by atoms with E-state index in [4.69, 9.17) is 4.74 Å². The van der Waals surface area contributed by atoms with Gasteiger partial charge in [0, 0.05) is 18.8 Å². The first-order chi connectivity index (χ1) is 17.8. The number of hydrogen-bond donors (Lipinski definition) is 0. The maximum Gasteiger partial charge on any atom is 0.338 e. The summed E-state index contributed by atoms with van der Waals surface area (Å²) < 4.78 is 7.61. The maximum atomic E-state index is 13.8. The van der Waals surface area contributed by atoms with Crippen LogP contribution < -0.4 is 19.8 Å². The van der Waals surface area contributed by atoms with Gasteiger partial charge in [0.05, 0.1) is 28.5 Å². The number of benzene rings is 2. The molecule has 37 heavy (non-hydrogen) atoms. The van der Waals surface area contributed by atoms with Crippen LogP contribution in [0.2, 0.25) is 0 Å². The molecule has 0 N–H and O–H groups in total. The zero-order valence-corrected chi connectivity index (χ0v) is 23.3. The molecule has 0 amide bonds. The van der Waals surface area contributed by atoms with Crippen LogP contribution in [0.1, 0.15) is 70.2 Å². The van der Waals surface area contributed by atoms with Gasteiger partial charge in [0.1, 0.15) is 0 Å². The minimum absolute atomic E-state index is 0.163. The lowest BCUT2D eigenvalue weighted by Gasteiger charge is -2.25. The van der Waals surface area contributed by atoms with E-state index >= 15 is 0 Å². The summed E-state index contributed by atoms with van der Waals surface area (Å²) in [5, 5.41) is 0. The highest BCUT2D eigenvalue weighted by atomic mass is 32.1. The van der Waals surface area contributed by atoms with E-state index in [2.05, 4.69) is 61.9 Å². The highest BCUT2D eigenvalue weighted by Gasteiger charge is 2.33. The highest BCUT2D eigenvalue weighted by Crippen LogP contribution is 2.31. The molecule has 0 spiro atoms. The summed E-state index contributed by atoms with van der Waals surface area (Å²) in [7, 11) is 0. The molecule has 0 unspecified atom stereocenters. The van der Waals surface area contributed by atoms with E-state index in [0.717, 1.165) is 29.9 Å². The quantitative estimate of drug-likeness (QED) is 0.404. The second-order valence-electron chi connectivity index (χ2n) is 9.39. The Balaban J connectivity index is 1.84. The summed E-state index contributed by atoms with van der Waals surface area (Å²) in [6, 6.07) is 15.8. The van der Waals surface area contributed by atoms with Gasteiger partial charge in [0.2, 0.25) is 0 Å². The third kappa shape index (κ3) is 5.32. The molecule has 1 aliphatic rings. The third-order valence-electron chi connectivity index (χ3n) is 6.76. The molecule has 0 saturated heterocycles. The maximum absolute atomic E-state index is 13.8. The first-order valence-corrected chi connectivity index (χ1v) is 13.7. The van der Waals surface area contributed by atoms with Crippen molar-refractivity contribution in [1.29, 1.82) is 0 Å². The number of anilines is 1. The monoisotopic (exact) mass is 517 g/mol. The fourth-order valence-electron chi connectivity index (χ4n) is 4.69. The average Bonchev–Trinajstić information content (AvgIpc) is 3.19. The van der Waals surface area contributed by atoms with E-state index in [-0.39, 0.29) is 12.2 Å². The molecule has 6 nitrogen and oxygen atoms in total. The van der Waals surface area contributed by atoms with Gasteiger partial charge in [-0.1, -0.05) is 61.6 Å². The Kier molecular flexibility index (Phi) is 8.13. The van der Waals surface area contributed by atoms with Crippen LogP contribution in [0.15, 0.2) is 69.6 Å². The van der Waals surface area contributed by atoms with Gasteiger partial charge in [-0.25, -0.2) is 9.79 Å². The lowest BCUT2D eigenvalue weighted by molar-refractivity contribution is -0.139. The average molecular weight is 518 g/mol. The number of aromatic nitrogens is 1. The van der Waals surface area contributed by atoms with Crippen molar-refractivity contribution in [3.8, 4) is 0 Å². The lowest BCUT2D eigenvalue weighted by atomic mass is 9.93. The highest BCUT2D eigenvalue weighted by molar-refractivity contribution is 7.07. The molecular formula is C30H35N3O3S. The van der Waals surface area contributed by atoms with Crippen LogP contribution in [0, 0.1) is 0 Å². The SMILES string of the molecule is CCOC(=O)C1=C(C)N=c2s/c(=C\c3ccc(N(CC)CC)cc3)c(=O)n2[C@@H]1c1ccc(C(C)C)cc1. The number of allylic oxidation sites excluding steroid dienone is 1. The summed E-state index contributed by atoms with van der Waals surface area (Å²) in [4.78, 5) is 34.4. The fraction of sp³-hybridized carbons (Fsp3) is 0.367. The molecule has 0 saturated carbocycles. The predicted molar refractivity (Wildman–Crippen MR) is 151 cm³/mol. The number of carbonyl (C=O) groups is 1. The van der Waals surface area contributed by atoms with Crippen molar-refractivity contribution < 1.29 is 9.53 Å². The Morgan fingerprint density at radius 3 is 2.30 bits per heavy atom. The number of carbonyl (C=O) groups excluding carboxylic acids is 1. The molecular weight excluding hydrogens is 482 g/mol. The second-order valence-corrected chi connectivity index (χ2v) is 10.4. The van der Waals surface area contributed by atoms with Crippen molar-refractivity contribution in [3.05, 3.63) is 96.2 Å². The number of nitrogens with zero attached hydrogens (tertiary/aromatic N) is 3. The topological polar surface area (TPSA) is 63.9 Å². The van der Waals surface area contributed by atoms with Crippen molar-refractivity contribution in [3.63, 3.8) is 0 Å². The lowest BCUT2D eigenvalue weighted by Crippen LogP contribution is -2.39. The molecule has 4 rings (SSSR count). The zero-order chi connectivity index (χ0) is 26.7. The number of hydrogen-bond acceptors (Lipinski definition) is 6. The van der Waals surface area contributed by atoms with E-state index in [1.807, 2.05) is 37.3 Å². The Morgan fingerprint density at radius 1 is 1.08 bits per heavy atom. The number of esters is 1. The van der Waals surface area contributed by atoms with Gasteiger partial charge in [0.25, 0.3) is 5.56 Å². The van der Waals surface area contributed by atoms with Crippen molar-refractivity contribution in [2.75, 3.05) is 24.6 Å². The number of fused-ring (bicyclic) bond motifs is 1. The van der Waals surface area contributed by atoms with Gasteiger partial charge < -0.3 is 9.64 Å². The van der Waals surface area contributed by atoms with Gasteiger partial charge in [-0.15, -0.1) is 0 Å². The van der Waals surface area contributed by atoms with Crippen LogP contribution in [-0.4, -0.2) is 30.2 Å². The van der Waals surface area contributed by atoms with Crippen LogP contribution >= 0.6 is 11.3 Å². The molecule has 1 atom stereocenters. The van der Waals surface area contributed by atoms with Crippen molar-refractivity contribution in [1.82, 2.24) is 4.57 Å². The Bertz CT molecular complexity index is 1470. The van der Waals surface area contributed by atoms with Crippen molar-refractivity contribution in [2.45, 2.75) is 53.5 Å². The Morgan fingerprint density at radius 2 is 1.73 bits per heavy atom. The molecule has 0 bridgehead atoms. The smallest absolute Gasteiger partial charge is 0.338 e. The molecule has 194 valence electrons. The zero-order valence-electron chi connectivity index (χ0n) is 22.4. The minimum Gasteiger partial charge on any atom is -0.463 e. The molecule has 3 aromatic rings. The molecule has 7 heteroatoms. The van der Waals surface area contributed by atoms with Gasteiger partial charge >= 0.3 is 5.97 Å². The molecule has 1 aliphatic heterocycles. The standard InChI is InChI=1S/C30H35N3O3S/c1-7-32(8-2)24-16-10-21(11-17-24)18-25-28(34)33-27(23-14-12-22(13-15-23)19(4)5)26(29(35)36-9-3)20(6)31-30(33)37-25/h10-19,27H,7-9H2,1-6H3/b25-18-/t27-/m1/s1. The number of ether oxygens (including phenoxy) is 1. The van der Waals surface area contributed by atoms with Crippen molar-refractivity contribution >= 4 is 29.1 Å². The van der Waals surface area contributed by atoms with Gasteiger partial charge in [-0.2, -0.15) is 0 Å². The van der Waals surface area contributed by atoms with Crippen LogP contribution in [0.25, 0.3) is 6.08 Å². The number of rotatable bonds is 8. The van der Waals surface area contributed by atoms with Crippen LogP contribution in [0.5, 0.6) is 0 Å². The molecule has 2 aromatic carbocycles. The Hall–Kier alpha value is -3.45. The van der Waals surface area contributed by atoms with Crippen molar-refractivity contribution in [2.24, 2.45) is 4.99 Å². The first kappa shape index (κ1) is 26.6. The van der Waals surface area contributed by atoms with E-state index in [1.165, 1.54) is 16.9 Å².